The normalized spacial score (nSPS) is 12.6. The predicted octanol–water partition coefficient (Wildman–Crippen LogP) is 1.70. The van der Waals surface area contributed by atoms with E-state index < -0.39 is 17.7 Å². The summed E-state index contributed by atoms with van der Waals surface area (Å²) in [7, 11) is 0. The van der Waals surface area contributed by atoms with Gasteiger partial charge >= 0.3 is 0 Å². The molecule has 3 heteroatoms. The average molecular weight is 182 g/mol. The number of hydrogen-bond acceptors (Lipinski definition) is 2. The minimum absolute atomic E-state index is 0.0463. The van der Waals surface area contributed by atoms with Gasteiger partial charge in [-0.15, -0.1) is 0 Å². The lowest BCUT2D eigenvalue weighted by molar-refractivity contribution is 0.0775. The molecule has 0 radical (unpaired) electrons. The second kappa shape index (κ2) is 3.66. The molecule has 1 rings (SSSR count). The van der Waals surface area contributed by atoms with Crippen LogP contribution in [0.15, 0.2) is 18.2 Å². The van der Waals surface area contributed by atoms with Gasteiger partial charge in [0.05, 0.1) is 5.56 Å². The molecule has 1 aromatic carbocycles. The summed E-state index contributed by atoms with van der Waals surface area (Å²) in [5, 5.41) is 8.97. The summed E-state index contributed by atoms with van der Waals surface area (Å²) < 4.78 is 13.0. The molecule has 13 heavy (non-hydrogen) atoms. The molecule has 0 spiro atoms. The van der Waals surface area contributed by atoms with Crippen LogP contribution in [0.4, 0.5) is 4.39 Å². The quantitative estimate of drug-likeness (QED) is 0.707. The smallest absolute Gasteiger partial charge is 0.193 e. The van der Waals surface area contributed by atoms with Crippen molar-refractivity contribution in [2.75, 3.05) is 0 Å². The van der Waals surface area contributed by atoms with Crippen LogP contribution in [0.3, 0.4) is 0 Å². The van der Waals surface area contributed by atoms with Gasteiger partial charge in [0, 0.05) is 0 Å². The molecular weight excluding hydrogens is 171 g/mol. The summed E-state index contributed by atoms with van der Waals surface area (Å²) in [5.41, 5.74) is 0.750. The summed E-state index contributed by atoms with van der Waals surface area (Å²) >= 11 is 0. The molecule has 0 aliphatic rings. The van der Waals surface area contributed by atoms with Gasteiger partial charge in [-0.2, -0.15) is 0 Å². The van der Waals surface area contributed by atoms with Gasteiger partial charge in [-0.25, -0.2) is 4.39 Å². The Hall–Kier alpha value is -1.22. The van der Waals surface area contributed by atoms with Gasteiger partial charge in [0.15, 0.2) is 5.78 Å². The Balaban J connectivity index is 3.13. The van der Waals surface area contributed by atoms with Crippen molar-refractivity contribution < 1.29 is 14.3 Å². The van der Waals surface area contributed by atoms with E-state index in [1.54, 1.807) is 13.0 Å². The summed E-state index contributed by atoms with van der Waals surface area (Å²) in [6.07, 6.45) is -1.16. The predicted molar refractivity (Wildman–Crippen MR) is 47.1 cm³/mol. The Morgan fingerprint density at radius 2 is 2.15 bits per heavy atom. The minimum atomic E-state index is -1.16. The van der Waals surface area contributed by atoms with E-state index in [2.05, 4.69) is 0 Å². The number of rotatable bonds is 2. The van der Waals surface area contributed by atoms with Crippen molar-refractivity contribution >= 4 is 5.78 Å². The van der Waals surface area contributed by atoms with Crippen LogP contribution in [0.5, 0.6) is 0 Å². The van der Waals surface area contributed by atoms with Crippen molar-refractivity contribution in [1.82, 2.24) is 0 Å². The largest absolute Gasteiger partial charge is 0.385 e. The Kier molecular flexibility index (Phi) is 2.78. The molecule has 0 aliphatic heterocycles. The highest BCUT2D eigenvalue weighted by molar-refractivity contribution is 5.99. The standard InChI is InChI=1S/C10H11FO2/c1-6-3-4-9(11)8(5-6)10(13)7(2)12/h3-5,7,12H,1-2H3. The number of hydrogen-bond donors (Lipinski definition) is 1. The molecule has 0 bridgehead atoms. The van der Waals surface area contributed by atoms with Crippen molar-refractivity contribution in [2.24, 2.45) is 0 Å². The Labute approximate surface area is 76.0 Å². The van der Waals surface area contributed by atoms with E-state index in [1.807, 2.05) is 0 Å². The first-order valence-electron chi connectivity index (χ1n) is 4.01. The zero-order valence-corrected chi connectivity index (χ0v) is 7.54. The molecule has 1 unspecified atom stereocenters. The second-order valence-corrected chi connectivity index (χ2v) is 3.02. The zero-order valence-electron chi connectivity index (χ0n) is 7.54. The van der Waals surface area contributed by atoms with E-state index in [1.165, 1.54) is 19.1 Å². The van der Waals surface area contributed by atoms with Gasteiger partial charge < -0.3 is 5.11 Å². The third-order valence-corrected chi connectivity index (χ3v) is 1.77. The van der Waals surface area contributed by atoms with Crippen molar-refractivity contribution in [2.45, 2.75) is 20.0 Å². The molecule has 0 aromatic heterocycles. The van der Waals surface area contributed by atoms with E-state index in [9.17, 15) is 9.18 Å². The van der Waals surface area contributed by atoms with E-state index in [0.29, 0.717) is 0 Å². The third-order valence-electron chi connectivity index (χ3n) is 1.77. The molecule has 2 nitrogen and oxygen atoms in total. The van der Waals surface area contributed by atoms with Gasteiger partial charge in [-0.05, 0) is 26.0 Å². The van der Waals surface area contributed by atoms with Crippen LogP contribution in [0, 0.1) is 12.7 Å². The maximum absolute atomic E-state index is 13.0. The summed E-state index contributed by atoms with van der Waals surface area (Å²) in [4.78, 5) is 11.2. The van der Waals surface area contributed by atoms with Gasteiger partial charge in [0.2, 0.25) is 0 Å². The molecular formula is C10H11FO2. The third kappa shape index (κ3) is 2.12. The summed E-state index contributed by atoms with van der Waals surface area (Å²) in [5.74, 6) is -1.17. The van der Waals surface area contributed by atoms with Crippen LogP contribution in [0.1, 0.15) is 22.8 Å². The number of halogens is 1. The highest BCUT2D eigenvalue weighted by Crippen LogP contribution is 2.12. The van der Waals surface area contributed by atoms with E-state index in [-0.39, 0.29) is 5.56 Å². The lowest BCUT2D eigenvalue weighted by Gasteiger charge is -2.05. The average Bonchev–Trinajstić information content (AvgIpc) is 2.08. The highest BCUT2D eigenvalue weighted by Gasteiger charge is 2.16. The summed E-state index contributed by atoms with van der Waals surface area (Å²) in [6.45, 7) is 3.09. The van der Waals surface area contributed by atoms with E-state index >= 15 is 0 Å². The van der Waals surface area contributed by atoms with Crippen LogP contribution < -0.4 is 0 Å². The van der Waals surface area contributed by atoms with E-state index in [4.69, 9.17) is 5.11 Å². The molecule has 1 N–H and O–H groups in total. The lowest BCUT2D eigenvalue weighted by atomic mass is 10.0. The molecule has 1 aromatic rings. The number of aliphatic hydroxyl groups excluding tert-OH is 1. The fourth-order valence-electron chi connectivity index (χ4n) is 1.05. The zero-order chi connectivity index (χ0) is 10.0. The van der Waals surface area contributed by atoms with Gasteiger partial charge in [0.25, 0.3) is 0 Å². The number of ketones is 1. The maximum Gasteiger partial charge on any atom is 0.193 e. The Bertz CT molecular complexity index is 332. The number of aryl methyl sites for hydroxylation is 1. The first-order chi connectivity index (χ1) is 6.02. The highest BCUT2D eigenvalue weighted by atomic mass is 19.1. The van der Waals surface area contributed by atoms with Crippen LogP contribution in [0.2, 0.25) is 0 Å². The second-order valence-electron chi connectivity index (χ2n) is 3.02. The minimum Gasteiger partial charge on any atom is -0.385 e. The number of carbonyl (C=O) groups excluding carboxylic acids is 1. The topological polar surface area (TPSA) is 37.3 Å². The number of carbonyl (C=O) groups is 1. The monoisotopic (exact) mass is 182 g/mol. The molecule has 0 saturated carbocycles. The molecule has 0 fully saturated rings. The first-order valence-corrected chi connectivity index (χ1v) is 4.01. The number of Topliss-reactive ketones (excluding diaryl/α,β-unsaturated/α-hetero) is 1. The van der Waals surface area contributed by atoms with Crippen molar-refractivity contribution in [3.8, 4) is 0 Å². The Morgan fingerprint density at radius 3 is 2.69 bits per heavy atom. The Morgan fingerprint density at radius 1 is 1.54 bits per heavy atom. The number of aliphatic hydroxyl groups is 1. The molecule has 0 saturated heterocycles. The van der Waals surface area contributed by atoms with Crippen LogP contribution in [-0.4, -0.2) is 17.0 Å². The van der Waals surface area contributed by atoms with Crippen molar-refractivity contribution in [3.63, 3.8) is 0 Å². The fraction of sp³-hybridized carbons (Fsp3) is 0.300. The lowest BCUT2D eigenvalue weighted by Crippen LogP contribution is -2.17. The van der Waals surface area contributed by atoms with Gasteiger partial charge in [0.1, 0.15) is 11.9 Å². The van der Waals surface area contributed by atoms with Gasteiger partial charge in [-0.3, -0.25) is 4.79 Å². The SMILES string of the molecule is Cc1ccc(F)c(C(=O)C(C)O)c1. The molecule has 70 valence electrons. The van der Waals surface area contributed by atoms with Crippen molar-refractivity contribution in [3.05, 3.63) is 35.1 Å². The fourth-order valence-corrected chi connectivity index (χ4v) is 1.05. The molecule has 0 amide bonds. The van der Waals surface area contributed by atoms with Crippen LogP contribution in [-0.2, 0) is 0 Å². The first kappa shape index (κ1) is 9.86. The molecule has 0 heterocycles. The summed E-state index contributed by atoms with van der Waals surface area (Å²) in [6, 6.07) is 4.24. The van der Waals surface area contributed by atoms with Gasteiger partial charge in [-0.1, -0.05) is 11.6 Å². The maximum atomic E-state index is 13.0. The van der Waals surface area contributed by atoms with Crippen LogP contribution >= 0.6 is 0 Å². The number of benzene rings is 1. The van der Waals surface area contributed by atoms with E-state index in [0.717, 1.165) is 5.56 Å². The molecule has 1 atom stereocenters. The van der Waals surface area contributed by atoms with Crippen LogP contribution in [0.25, 0.3) is 0 Å². The molecule has 0 aliphatic carbocycles. The van der Waals surface area contributed by atoms with Crippen molar-refractivity contribution in [1.29, 1.82) is 0 Å².